The van der Waals surface area contributed by atoms with E-state index in [0.717, 1.165) is 29.6 Å². The van der Waals surface area contributed by atoms with Crippen LogP contribution in [0.25, 0.3) is 11.0 Å². The number of phenolic OH excluding ortho intramolecular Hbond substituents is 1. The molecule has 1 aromatic heterocycles. The molecule has 0 spiro atoms. The third kappa shape index (κ3) is 1.03. The van der Waals surface area contributed by atoms with E-state index in [1.54, 1.807) is 6.07 Å². The van der Waals surface area contributed by atoms with E-state index in [9.17, 15) is 5.11 Å². The quantitative estimate of drug-likeness (QED) is 0.688. The van der Waals surface area contributed by atoms with E-state index in [2.05, 4.69) is 6.07 Å². The van der Waals surface area contributed by atoms with Gasteiger partial charge < -0.3 is 9.52 Å². The zero-order valence-electron chi connectivity index (χ0n) is 7.84. The van der Waals surface area contributed by atoms with Crippen LogP contribution in [0.15, 0.2) is 16.5 Å². The Balaban J connectivity index is 2.32. The lowest BCUT2D eigenvalue weighted by Gasteiger charge is -2.08. The molecule has 1 N–H and O–H groups in total. The molecule has 1 radical (unpaired) electrons. The van der Waals surface area contributed by atoms with Gasteiger partial charge in [0, 0.05) is 23.4 Å². The van der Waals surface area contributed by atoms with E-state index in [0.29, 0.717) is 0 Å². The van der Waals surface area contributed by atoms with Crippen molar-refractivity contribution < 1.29 is 9.52 Å². The van der Waals surface area contributed by atoms with Gasteiger partial charge in [0.25, 0.3) is 0 Å². The number of rotatable bonds is 0. The maximum Gasteiger partial charge on any atom is 0.135 e. The molecule has 14 heavy (non-hydrogen) atoms. The minimum Gasteiger partial charge on any atom is -0.507 e. The van der Waals surface area contributed by atoms with Gasteiger partial charge in [-0.15, -0.1) is 0 Å². The van der Waals surface area contributed by atoms with Crippen molar-refractivity contribution in [1.82, 2.24) is 0 Å². The smallest absolute Gasteiger partial charge is 0.135 e. The van der Waals surface area contributed by atoms with Crippen molar-refractivity contribution in [2.24, 2.45) is 0 Å². The second-order valence-electron chi connectivity index (χ2n) is 3.79. The topological polar surface area (TPSA) is 33.4 Å². The van der Waals surface area contributed by atoms with Crippen LogP contribution in [0.3, 0.4) is 0 Å². The number of phenols is 1. The molecule has 1 aliphatic carbocycles. The molecule has 1 heterocycles. The number of aromatic hydroxyl groups is 1. The van der Waals surface area contributed by atoms with Gasteiger partial charge in [0.05, 0.1) is 0 Å². The van der Waals surface area contributed by atoms with E-state index in [1.165, 1.54) is 18.4 Å². The summed E-state index contributed by atoms with van der Waals surface area (Å²) >= 11 is 0. The summed E-state index contributed by atoms with van der Waals surface area (Å²) in [7, 11) is 0. The van der Waals surface area contributed by atoms with E-state index in [1.807, 2.05) is 6.07 Å². The zero-order chi connectivity index (χ0) is 9.54. The predicted molar refractivity (Wildman–Crippen MR) is 53.4 cm³/mol. The third-order valence-corrected chi connectivity index (χ3v) is 2.84. The normalized spacial score (nSPS) is 15.7. The molecule has 2 nitrogen and oxygen atoms in total. The Morgan fingerprint density at radius 1 is 1.21 bits per heavy atom. The van der Waals surface area contributed by atoms with Crippen LogP contribution in [0.1, 0.15) is 24.2 Å². The SMILES string of the molecule is Oc1[c]c2c3c(oc2cc1)CCCC3. The summed E-state index contributed by atoms with van der Waals surface area (Å²) in [6, 6.07) is 6.40. The van der Waals surface area contributed by atoms with Gasteiger partial charge in [0.15, 0.2) is 0 Å². The Kier molecular flexibility index (Phi) is 1.57. The molecular weight excluding hydrogens is 176 g/mol. The van der Waals surface area contributed by atoms with Gasteiger partial charge in [-0.2, -0.15) is 0 Å². The van der Waals surface area contributed by atoms with Gasteiger partial charge in [0.1, 0.15) is 17.1 Å². The van der Waals surface area contributed by atoms with Crippen LogP contribution in [-0.2, 0) is 12.8 Å². The molecule has 0 bridgehead atoms. The first-order valence-corrected chi connectivity index (χ1v) is 5.00. The van der Waals surface area contributed by atoms with Crippen LogP contribution in [0.2, 0.25) is 0 Å². The molecule has 0 saturated heterocycles. The van der Waals surface area contributed by atoms with Crippen molar-refractivity contribution in [3.05, 3.63) is 29.5 Å². The van der Waals surface area contributed by atoms with Gasteiger partial charge in [-0.3, -0.25) is 0 Å². The first-order valence-electron chi connectivity index (χ1n) is 5.00. The third-order valence-electron chi connectivity index (χ3n) is 2.84. The molecular formula is C12H11O2. The molecule has 0 saturated carbocycles. The van der Waals surface area contributed by atoms with Crippen LogP contribution in [-0.4, -0.2) is 5.11 Å². The zero-order valence-corrected chi connectivity index (χ0v) is 7.84. The first kappa shape index (κ1) is 7.92. The second-order valence-corrected chi connectivity index (χ2v) is 3.79. The molecule has 3 rings (SSSR count). The maximum absolute atomic E-state index is 9.35. The van der Waals surface area contributed by atoms with Crippen LogP contribution in [0, 0.1) is 6.07 Å². The van der Waals surface area contributed by atoms with Gasteiger partial charge in [-0.1, -0.05) is 0 Å². The average molecular weight is 187 g/mol. The molecule has 0 unspecified atom stereocenters. The Hall–Kier alpha value is -1.44. The molecule has 0 amide bonds. The molecule has 71 valence electrons. The van der Waals surface area contributed by atoms with Crippen LogP contribution >= 0.6 is 0 Å². The number of furan rings is 1. The van der Waals surface area contributed by atoms with E-state index in [-0.39, 0.29) is 5.75 Å². The summed E-state index contributed by atoms with van der Waals surface area (Å²) in [5.74, 6) is 1.29. The Morgan fingerprint density at radius 2 is 2.07 bits per heavy atom. The summed E-state index contributed by atoms with van der Waals surface area (Å²) < 4.78 is 5.70. The van der Waals surface area contributed by atoms with Crippen molar-refractivity contribution in [3.63, 3.8) is 0 Å². The van der Waals surface area contributed by atoms with Crippen molar-refractivity contribution in [3.8, 4) is 5.75 Å². The fourth-order valence-corrected chi connectivity index (χ4v) is 2.17. The highest BCUT2D eigenvalue weighted by atomic mass is 16.3. The van der Waals surface area contributed by atoms with Crippen LogP contribution < -0.4 is 0 Å². The molecule has 0 aliphatic heterocycles. The van der Waals surface area contributed by atoms with E-state index in [4.69, 9.17) is 4.42 Å². The lowest BCUT2D eigenvalue weighted by molar-refractivity contribution is 0.474. The largest absolute Gasteiger partial charge is 0.507 e. The van der Waals surface area contributed by atoms with Crippen molar-refractivity contribution in [2.75, 3.05) is 0 Å². The fourth-order valence-electron chi connectivity index (χ4n) is 2.17. The number of fused-ring (bicyclic) bond motifs is 3. The second kappa shape index (κ2) is 2.77. The molecule has 1 aliphatic rings. The maximum atomic E-state index is 9.35. The minimum absolute atomic E-state index is 0.201. The number of hydrogen-bond donors (Lipinski definition) is 1. The van der Waals surface area contributed by atoms with Gasteiger partial charge in [0.2, 0.25) is 0 Å². The number of hydrogen-bond acceptors (Lipinski definition) is 2. The monoisotopic (exact) mass is 187 g/mol. The van der Waals surface area contributed by atoms with Gasteiger partial charge >= 0.3 is 0 Å². The predicted octanol–water partition coefficient (Wildman–Crippen LogP) is 2.82. The average Bonchev–Trinajstić information content (AvgIpc) is 2.56. The number of aryl methyl sites for hydroxylation is 2. The first-order chi connectivity index (χ1) is 6.84. The lowest BCUT2D eigenvalue weighted by atomic mass is 9.96. The van der Waals surface area contributed by atoms with Gasteiger partial charge in [-0.05, 0) is 31.4 Å². The van der Waals surface area contributed by atoms with Crippen molar-refractivity contribution in [2.45, 2.75) is 25.7 Å². The summed E-state index contributed by atoms with van der Waals surface area (Å²) in [5.41, 5.74) is 2.11. The highest BCUT2D eigenvalue weighted by Gasteiger charge is 2.17. The highest BCUT2D eigenvalue weighted by Crippen LogP contribution is 2.32. The standard InChI is InChI=1S/C12H11O2/c13-8-5-6-12-10(7-8)9-3-1-2-4-11(9)14-12/h5-6,13H,1-4H2. The van der Waals surface area contributed by atoms with Gasteiger partial charge in [-0.25, -0.2) is 0 Å². The lowest BCUT2D eigenvalue weighted by Crippen LogP contribution is -1.98. The van der Waals surface area contributed by atoms with E-state index < -0.39 is 0 Å². The summed E-state index contributed by atoms with van der Waals surface area (Å²) in [6.07, 6.45) is 4.50. The Morgan fingerprint density at radius 3 is 3.00 bits per heavy atom. The van der Waals surface area contributed by atoms with E-state index >= 15 is 0 Å². The fraction of sp³-hybridized carbons (Fsp3) is 0.333. The summed E-state index contributed by atoms with van der Waals surface area (Å²) in [5, 5.41) is 10.3. The van der Waals surface area contributed by atoms with Crippen LogP contribution in [0.4, 0.5) is 0 Å². The molecule has 2 heteroatoms. The summed E-state index contributed by atoms with van der Waals surface area (Å²) in [4.78, 5) is 0. The molecule has 0 atom stereocenters. The minimum atomic E-state index is 0.201. The van der Waals surface area contributed by atoms with Crippen molar-refractivity contribution in [1.29, 1.82) is 0 Å². The molecule has 1 aromatic carbocycles. The Labute approximate surface area is 82.2 Å². The highest BCUT2D eigenvalue weighted by molar-refractivity contribution is 5.83. The molecule has 2 aromatic rings. The molecule has 0 fully saturated rings. The Bertz CT molecular complexity index is 482. The van der Waals surface area contributed by atoms with Crippen molar-refractivity contribution >= 4 is 11.0 Å². The number of benzene rings is 1. The summed E-state index contributed by atoms with van der Waals surface area (Å²) in [6.45, 7) is 0. The van der Waals surface area contributed by atoms with Crippen LogP contribution in [0.5, 0.6) is 5.75 Å².